The van der Waals surface area contributed by atoms with Gasteiger partial charge in [-0.2, -0.15) is 4.68 Å². The summed E-state index contributed by atoms with van der Waals surface area (Å²) < 4.78 is 1.22. The first-order valence-electron chi connectivity index (χ1n) is 13.5. The van der Waals surface area contributed by atoms with Crippen LogP contribution in [0.4, 0.5) is 0 Å². The molecule has 1 aromatic heterocycles. The number of rotatable bonds is 10. The predicted molar refractivity (Wildman–Crippen MR) is 150 cm³/mol. The number of carboxylic acids is 1. The second-order valence-electron chi connectivity index (χ2n) is 9.89. The van der Waals surface area contributed by atoms with Crippen molar-refractivity contribution in [1.29, 1.82) is 0 Å². The number of Topliss-reactive ketones (excluding diaryl/α,β-unsaturated/α-hetero) is 1. The fourth-order valence-electron chi connectivity index (χ4n) is 5.05. The molecule has 0 spiro atoms. The number of benzene rings is 3. The highest BCUT2D eigenvalue weighted by atomic mass is 16.4. The molecule has 0 bridgehead atoms. The fraction of sp³-hybridized carbons (Fsp3) is 0.267. The Kier molecular flexibility index (Phi) is 8.27. The Morgan fingerprint density at radius 1 is 1.00 bits per heavy atom. The molecule has 0 saturated carbocycles. The molecular formula is C30H30N6O5. The van der Waals surface area contributed by atoms with E-state index in [1.165, 1.54) is 16.8 Å². The van der Waals surface area contributed by atoms with E-state index in [4.69, 9.17) is 0 Å². The summed E-state index contributed by atoms with van der Waals surface area (Å²) in [5, 5.41) is 32.7. The maximum Gasteiger partial charge on any atom is 0.322 e. The number of carbonyl (C=O) groups excluding carboxylic acids is 2. The number of carbonyl (C=O) groups is 3. The summed E-state index contributed by atoms with van der Waals surface area (Å²) in [6.07, 6.45) is 2.17. The van der Waals surface area contributed by atoms with E-state index in [-0.39, 0.29) is 17.4 Å². The van der Waals surface area contributed by atoms with Crippen molar-refractivity contribution in [1.82, 2.24) is 30.6 Å². The van der Waals surface area contributed by atoms with Crippen molar-refractivity contribution >= 4 is 17.7 Å². The van der Waals surface area contributed by atoms with Gasteiger partial charge < -0.3 is 10.2 Å². The molecule has 2 heterocycles. The molecule has 5 rings (SSSR count). The van der Waals surface area contributed by atoms with Crippen molar-refractivity contribution in [2.75, 3.05) is 6.54 Å². The molecule has 4 aromatic rings. The first-order valence-corrected chi connectivity index (χ1v) is 13.5. The van der Waals surface area contributed by atoms with Gasteiger partial charge in [0.15, 0.2) is 11.6 Å². The van der Waals surface area contributed by atoms with Gasteiger partial charge in [-0.25, -0.2) is 10.4 Å². The van der Waals surface area contributed by atoms with Gasteiger partial charge in [-0.3, -0.25) is 14.4 Å². The molecule has 1 saturated heterocycles. The van der Waals surface area contributed by atoms with Gasteiger partial charge in [-0.1, -0.05) is 55.5 Å². The van der Waals surface area contributed by atoms with Gasteiger partial charge in [0, 0.05) is 24.1 Å². The first kappa shape index (κ1) is 27.8. The average Bonchev–Trinajstić information content (AvgIpc) is 3.67. The van der Waals surface area contributed by atoms with Crippen LogP contribution >= 0.6 is 0 Å². The standard InChI is InChI=1S/C30H30N6O5/c1-2-6-26(38)36-29(31-33-34-36)24-8-4-3-7-23(24)19-10-12-20(13-11-19)27(28(39)21-14-16-22(37)17-15-21)32-35-18-5-9-25(35)30(40)41/h3-4,7-8,10-17,25,27,32,37H,2,5-6,9,18H2,1H3,(H,40,41)/t25-,27-/m0/s1. The Labute approximate surface area is 236 Å². The zero-order valence-electron chi connectivity index (χ0n) is 22.5. The van der Waals surface area contributed by atoms with Crippen molar-refractivity contribution in [3.8, 4) is 28.3 Å². The van der Waals surface area contributed by atoms with Crippen molar-refractivity contribution in [2.24, 2.45) is 0 Å². The van der Waals surface area contributed by atoms with Gasteiger partial charge >= 0.3 is 5.97 Å². The molecule has 0 amide bonds. The highest BCUT2D eigenvalue weighted by molar-refractivity contribution is 6.01. The van der Waals surface area contributed by atoms with Gasteiger partial charge in [-0.15, -0.1) is 5.10 Å². The third-order valence-electron chi connectivity index (χ3n) is 7.14. The summed E-state index contributed by atoms with van der Waals surface area (Å²) in [4.78, 5) is 38.1. The Hall–Kier alpha value is -4.74. The van der Waals surface area contributed by atoms with E-state index in [0.717, 1.165) is 11.1 Å². The number of hydrazine groups is 1. The van der Waals surface area contributed by atoms with Crippen molar-refractivity contribution in [3.05, 3.63) is 83.9 Å². The Balaban J connectivity index is 1.49. The number of hydrogen-bond donors (Lipinski definition) is 3. The van der Waals surface area contributed by atoms with Gasteiger partial charge in [0.2, 0.25) is 5.91 Å². The molecule has 3 N–H and O–H groups in total. The van der Waals surface area contributed by atoms with Crippen molar-refractivity contribution < 1.29 is 24.6 Å². The minimum absolute atomic E-state index is 0.0435. The maximum absolute atomic E-state index is 13.7. The minimum atomic E-state index is -0.947. The molecule has 1 fully saturated rings. The number of nitrogens with zero attached hydrogens (tertiary/aromatic N) is 5. The zero-order valence-corrected chi connectivity index (χ0v) is 22.5. The van der Waals surface area contributed by atoms with E-state index in [9.17, 15) is 24.6 Å². The molecule has 1 aliphatic rings. The van der Waals surface area contributed by atoms with Crippen LogP contribution < -0.4 is 5.43 Å². The molecule has 1 aliphatic heterocycles. The number of phenols is 1. The molecule has 2 atom stereocenters. The van der Waals surface area contributed by atoms with Crippen LogP contribution in [0.5, 0.6) is 5.75 Å². The van der Waals surface area contributed by atoms with Crippen molar-refractivity contribution in [2.45, 2.75) is 44.7 Å². The summed E-state index contributed by atoms with van der Waals surface area (Å²) >= 11 is 0. The predicted octanol–water partition coefficient (Wildman–Crippen LogP) is 4.13. The van der Waals surface area contributed by atoms with Crippen molar-refractivity contribution in [3.63, 3.8) is 0 Å². The normalized spacial score (nSPS) is 16.0. The van der Waals surface area contributed by atoms with Crippen LogP contribution in [-0.2, 0) is 4.79 Å². The van der Waals surface area contributed by atoms with E-state index >= 15 is 0 Å². The van der Waals surface area contributed by atoms with Gasteiger partial charge in [0.1, 0.15) is 17.8 Å². The van der Waals surface area contributed by atoms with Crippen LogP contribution in [0.15, 0.2) is 72.8 Å². The number of carboxylic acid groups (broad SMARTS) is 1. The number of aliphatic carboxylic acids is 1. The Morgan fingerprint density at radius 2 is 1.71 bits per heavy atom. The third-order valence-corrected chi connectivity index (χ3v) is 7.14. The third kappa shape index (κ3) is 5.91. The molecule has 3 aromatic carbocycles. The van der Waals surface area contributed by atoms with E-state index in [2.05, 4.69) is 21.0 Å². The zero-order chi connectivity index (χ0) is 28.9. The molecule has 11 nitrogen and oxygen atoms in total. The monoisotopic (exact) mass is 554 g/mol. The summed E-state index contributed by atoms with van der Waals surface area (Å²) in [5.41, 5.74) is 6.51. The molecular weight excluding hydrogens is 524 g/mol. The summed E-state index contributed by atoms with van der Waals surface area (Å²) in [6, 6.07) is 19.2. The number of aromatic hydroxyl groups is 1. The number of ketones is 1. The lowest BCUT2D eigenvalue weighted by atomic mass is 9.94. The molecule has 0 unspecified atom stereocenters. The van der Waals surface area contributed by atoms with Gasteiger partial charge in [-0.05, 0) is 70.6 Å². The first-order chi connectivity index (χ1) is 19.9. The molecule has 210 valence electrons. The lowest BCUT2D eigenvalue weighted by Gasteiger charge is -2.28. The molecule has 0 aliphatic carbocycles. The van der Waals surface area contributed by atoms with E-state index in [1.54, 1.807) is 17.1 Å². The van der Waals surface area contributed by atoms with Crippen LogP contribution in [0.3, 0.4) is 0 Å². The molecule has 0 radical (unpaired) electrons. The van der Waals surface area contributed by atoms with Crippen LogP contribution in [0, 0.1) is 0 Å². The summed E-state index contributed by atoms with van der Waals surface area (Å²) in [5.74, 6) is -1.01. The minimum Gasteiger partial charge on any atom is -0.508 e. The van der Waals surface area contributed by atoms with E-state index < -0.39 is 18.1 Å². The molecule has 11 heteroatoms. The van der Waals surface area contributed by atoms with Crippen LogP contribution in [0.25, 0.3) is 22.5 Å². The Bertz CT molecular complexity index is 1550. The SMILES string of the molecule is CCCC(=O)n1nnnc1-c1ccccc1-c1ccc([C@H](NN2CCC[C@H]2C(=O)O)C(=O)c2ccc(O)cc2)cc1. The lowest BCUT2D eigenvalue weighted by Crippen LogP contribution is -2.48. The van der Waals surface area contributed by atoms with Gasteiger partial charge in [0.25, 0.3) is 0 Å². The van der Waals surface area contributed by atoms with E-state index in [0.29, 0.717) is 54.7 Å². The number of aromatic nitrogens is 4. The van der Waals surface area contributed by atoms with Crippen LogP contribution in [0.2, 0.25) is 0 Å². The second-order valence-corrected chi connectivity index (χ2v) is 9.89. The van der Waals surface area contributed by atoms with Crippen LogP contribution in [-0.4, -0.2) is 65.7 Å². The fourth-order valence-corrected chi connectivity index (χ4v) is 5.05. The topological polar surface area (TPSA) is 151 Å². The van der Waals surface area contributed by atoms with E-state index in [1.807, 2.05) is 55.5 Å². The summed E-state index contributed by atoms with van der Waals surface area (Å²) in [6.45, 7) is 2.41. The highest BCUT2D eigenvalue weighted by Gasteiger charge is 2.34. The largest absolute Gasteiger partial charge is 0.508 e. The lowest BCUT2D eigenvalue weighted by molar-refractivity contribution is -0.143. The number of nitrogens with one attached hydrogen (secondary N) is 1. The quantitative estimate of drug-likeness (QED) is 0.193. The second kappa shape index (κ2) is 12.2. The molecule has 41 heavy (non-hydrogen) atoms. The smallest absolute Gasteiger partial charge is 0.322 e. The highest BCUT2D eigenvalue weighted by Crippen LogP contribution is 2.32. The van der Waals surface area contributed by atoms with Gasteiger partial charge in [0.05, 0.1) is 0 Å². The number of tetrazole rings is 1. The van der Waals surface area contributed by atoms with Crippen LogP contribution in [0.1, 0.15) is 59.4 Å². The Morgan fingerprint density at radius 3 is 2.39 bits per heavy atom. The average molecular weight is 555 g/mol. The number of phenolic OH excluding ortho intramolecular Hbond substituents is 1. The number of hydrogen-bond acceptors (Lipinski definition) is 9. The maximum atomic E-state index is 13.7. The summed E-state index contributed by atoms with van der Waals surface area (Å²) in [7, 11) is 0.